The van der Waals surface area contributed by atoms with E-state index in [0.29, 0.717) is 44.1 Å². The van der Waals surface area contributed by atoms with Crippen LogP contribution in [0.1, 0.15) is 17.3 Å². The molecule has 2 aliphatic heterocycles. The third kappa shape index (κ3) is 4.43. The van der Waals surface area contributed by atoms with Crippen molar-refractivity contribution in [1.82, 2.24) is 15.1 Å². The van der Waals surface area contributed by atoms with Crippen LogP contribution in [0, 0.1) is 0 Å². The average Bonchev–Trinajstić information content (AvgIpc) is 2.89. The van der Waals surface area contributed by atoms with Crippen LogP contribution in [-0.2, 0) is 4.74 Å². The van der Waals surface area contributed by atoms with E-state index in [0.717, 1.165) is 48.6 Å². The minimum atomic E-state index is 0.0167. The molecule has 2 aromatic carbocycles. The zero-order valence-corrected chi connectivity index (χ0v) is 18.9. The molecule has 0 N–H and O–H groups in total. The molecular weight excluding hydrogens is 418 g/mol. The van der Waals surface area contributed by atoms with E-state index >= 15 is 0 Å². The predicted octanol–water partition coefficient (Wildman–Crippen LogP) is 2.83. The van der Waals surface area contributed by atoms with Gasteiger partial charge in [-0.1, -0.05) is 30.3 Å². The molecule has 0 bridgehead atoms. The fraction of sp³-hybridized carbons (Fsp3) is 0.400. The van der Waals surface area contributed by atoms with Gasteiger partial charge in [-0.15, -0.1) is 5.10 Å². The molecule has 8 nitrogen and oxygen atoms in total. The fourth-order valence-corrected chi connectivity index (χ4v) is 4.54. The Kier molecular flexibility index (Phi) is 6.26. The van der Waals surface area contributed by atoms with Crippen LogP contribution in [0.2, 0.25) is 0 Å². The maximum absolute atomic E-state index is 13.6. The van der Waals surface area contributed by atoms with Crippen molar-refractivity contribution in [3.8, 4) is 5.75 Å². The lowest BCUT2D eigenvalue weighted by Crippen LogP contribution is -2.49. The van der Waals surface area contributed by atoms with E-state index in [1.807, 2.05) is 54.4 Å². The highest BCUT2D eigenvalue weighted by Crippen LogP contribution is 2.30. The van der Waals surface area contributed by atoms with Crippen molar-refractivity contribution in [3.63, 3.8) is 0 Å². The van der Waals surface area contributed by atoms with Crippen molar-refractivity contribution < 1.29 is 14.3 Å². The number of anilines is 2. The Labute approximate surface area is 193 Å². The quantitative estimate of drug-likeness (QED) is 0.596. The number of hydrogen-bond acceptors (Lipinski definition) is 7. The third-order valence-electron chi connectivity index (χ3n) is 6.30. The maximum Gasteiger partial charge on any atom is 0.258 e. The first-order chi connectivity index (χ1) is 16.2. The zero-order valence-electron chi connectivity index (χ0n) is 18.9. The first-order valence-corrected chi connectivity index (χ1v) is 11.6. The number of amides is 1. The summed E-state index contributed by atoms with van der Waals surface area (Å²) in [4.78, 5) is 20.0. The SMILES string of the molecule is CCOc1ccc2ccccc2c1C(=O)N1CCN(c2cc(N3CCOCC3)cnn2)CC1. The molecule has 8 heteroatoms. The van der Waals surface area contributed by atoms with Gasteiger partial charge in [0, 0.05) is 45.3 Å². The summed E-state index contributed by atoms with van der Waals surface area (Å²) in [5.41, 5.74) is 1.72. The minimum absolute atomic E-state index is 0.0167. The second-order valence-corrected chi connectivity index (χ2v) is 8.24. The topological polar surface area (TPSA) is 71.0 Å². The normalized spacial score (nSPS) is 16.8. The van der Waals surface area contributed by atoms with Gasteiger partial charge in [-0.3, -0.25) is 4.79 Å². The second kappa shape index (κ2) is 9.62. The number of carbonyl (C=O) groups excluding carboxylic acids is 1. The molecule has 172 valence electrons. The Balaban J connectivity index is 1.32. The highest BCUT2D eigenvalue weighted by molar-refractivity contribution is 6.09. The third-order valence-corrected chi connectivity index (χ3v) is 6.30. The number of aromatic nitrogens is 2. The van der Waals surface area contributed by atoms with Gasteiger partial charge >= 0.3 is 0 Å². The van der Waals surface area contributed by atoms with E-state index in [1.54, 1.807) is 0 Å². The predicted molar refractivity (Wildman–Crippen MR) is 128 cm³/mol. The van der Waals surface area contributed by atoms with Gasteiger partial charge in [0.2, 0.25) is 0 Å². The lowest BCUT2D eigenvalue weighted by molar-refractivity contribution is 0.0744. The van der Waals surface area contributed by atoms with Crippen molar-refractivity contribution in [1.29, 1.82) is 0 Å². The fourth-order valence-electron chi connectivity index (χ4n) is 4.54. The standard InChI is InChI=1S/C25H29N5O3/c1-2-33-22-8-7-19-5-3-4-6-21(19)24(22)25(31)30-11-9-29(10-12-30)23-17-20(18-26-27-23)28-13-15-32-16-14-28/h3-8,17-18H,2,9-16H2,1H3. The van der Waals surface area contributed by atoms with Crippen LogP contribution in [0.3, 0.4) is 0 Å². The van der Waals surface area contributed by atoms with Gasteiger partial charge in [0.05, 0.1) is 37.3 Å². The molecule has 2 aliphatic rings. The van der Waals surface area contributed by atoms with Crippen molar-refractivity contribution in [2.24, 2.45) is 0 Å². The highest BCUT2D eigenvalue weighted by atomic mass is 16.5. The second-order valence-electron chi connectivity index (χ2n) is 8.24. The van der Waals surface area contributed by atoms with Crippen LogP contribution in [0.25, 0.3) is 10.8 Å². The molecule has 2 fully saturated rings. The van der Waals surface area contributed by atoms with E-state index in [4.69, 9.17) is 9.47 Å². The smallest absolute Gasteiger partial charge is 0.258 e. The number of piperazine rings is 1. The largest absolute Gasteiger partial charge is 0.493 e. The number of fused-ring (bicyclic) bond motifs is 1. The van der Waals surface area contributed by atoms with Gasteiger partial charge in [-0.2, -0.15) is 5.10 Å². The Hall–Kier alpha value is -3.39. The first-order valence-electron chi connectivity index (χ1n) is 11.6. The maximum atomic E-state index is 13.6. The molecule has 0 radical (unpaired) electrons. The number of carbonyl (C=O) groups is 1. The molecule has 0 atom stereocenters. The molecule has 1 aromatic heterocycles. The van der Waals surface area contributed by atoms with Crippen LogP contribution >= 0.6 is 0 Å². The summed E-state index contributed by atoms with van der Waals surface area (Å²) in [6.45, 7) is 8.31. The van der Waals surface area contributed by atoms with Crippen LogP contribution in [-0.4, -0.2) is 80.1 Å². The number of ether oxygens (including phenoxy) is 2. The van der Waals surface area contributed by atoms with Gasteiger partial charge < -0.3 is 24.2 Å². The van der Waals surface area contributed by atoms with Crippen LogP contribution in [0.4, 0.5) is 11.5 Å². The molecule has 5 rings (SSSR count). The average molecular weight is 448 g/mol. The van der Waals surface area contributed by atoms with Crippen molar-refractivity contribution in [2.75, 3.05) is 68.9 Å². The summed E-state index contributed by atoms with van der Waals surface area (Å²) < 4.78 is 11.3. The molecule has 0 unspecified atom stereocenters. The van der Waals surface area contributed by atoms with E-state index in [1.165, 1.54) is 0 Å². The van der Waals surface area contributed by atoms with Crippen molar-refractivity contribution in [3.05, 3.63) is 54.2 Å². The zero-order chi connectivity index (χ0) is 22.6. The minimum Gasteiger partial charge on any atom is -0.493 e. The summed E-state index contributed by atoms with van der Waals surface area (Å²) in [5, 5.41) is 10.6. The van der Waals surface area contributed by atoms with Gasteiger partial charge in [-0.25, -0.2) is 0 Å². The van der Waals surface area contributed by atoms with Crippen molar-refractivity contribution >= 4 is 28.2 Å². The summed E-state index contributed by atoms with van der Waals surface area (Å²) in [5.74, 6) is 1.52. The summed E-state index contributed by atoms with van der Waals surface area (Å²) in [6.07, 6.45) is 1.81. The number of rotatable bonds is 5. The van der Waals surface area contributed by atoms with E-state index in [9.17, 15) is 4.79 Å². The monoisotopic (exact) mass is 447 g/mol. The molecular formula is C25H29N5O3. The van der Waals surface area contributed by atoms with E-state index in [2.05, 4.69) is 26.1 Å². The number of nitrogens with zero attached hydrogens (tertiary/aromatic N) is 5. The molecule has 33 heavy (non-hydrogen) atoms. The molecule has 2 saturated heterocycles. The van der Waals surface area contributed by atoms with Gasteiger partial charge in [0.25, 0.3) is 5.91 Å². The molecule has 0 saturated carbocycles. The van der Waals surface area contributed by atoms with Gasteiger partial charge in [0.15, 0.2) is 5.82 Å². The van der Waals surface area contributed by atoms with E-state index in [-0.39, 0.29) is 5.91 Å². The molecule has 0 spiro atoms. The number of morpholine rings is 1. The van der Waals surface area contributed by atoms with Crippen LogP contribution < -0.4 is 14.5 Å². The van der Waals surface area contributed by atoms with Crippen LogP contribution in [0.5, 0.6) is 5.75 Å². The lowest BCUT2D eigenvalue weighted by atomic mass is 10.0. The molecule has 3 heterocycles. The van der Waals surface area contributed by atoms with E-state index < -0.39 is 0 Å². The lowest BCUT2D eigenvalue weighted by Gasteiger charge is -2.36. The molecule has 1 amide bonds. The number of hydrogen-bond donors (Lipinski definition) is 0. The first kappa shape index (κ1) is 21.5. The number of benzene rings is 2. The molecule has 3 aromatic rings. The summed E-state index contributed by atoms with van der Waals surface area (Å²) in [6, 6.07) is 14.0. The summed E-state index contributed by atoms with van der Waals surface area (Å²) in [7, 11) is 0. The Morgan fingerprint density at radius 2 is 1.79 bits per heavy atom. The Bertz CT molecular complexity index is 1120. The Morgan fingerprint density at radius 1 is 1.00 bits per heavy atom. The summed E-state index contributed by atoms with van der Waals surface area (Å²) >= 11 is 0. The Morgan fingerprint density at radius 3 is 2.58 bits per heavy atom. The molecule has 0 aliphatic carbocycles. The van der Waals surface area contributed by atoms with Crippen molar-refractivity contribution in [2.45, 2.75) is 6.92 Å². The van der Waals surface area contributed by atoms with Crippen LogP contribution in [0.15, 0.2) is 48.7 Å². The van der Waals surface area contributed by atoms with Gasteiger partial charge in [-0.05, 0) is 23.8 Å². The highest BCUT2D eigenvalue weighted by Gasteiger charge is 2.27. The van der Waals surface area contributed by atoms with Gasteiger partial charge in [0.1, 0.15) is 5.75 Å².